The van der Waals surface area contributed by atoms with Crippen molar-refractivity contribution in [2.24, 2.45) is 0 Å². The molecule has 0 heterocycles. The maximum Gasteiger partial charge on any atom is 0.328 e. The highest BCUT2D eigenvalue weighted by Gasteiger charge is 2.06. The van der Waals surface area contributed by atoms with Crippen LogP contribution in [0.2, 0.25) is 5.02 Å². The van der Waals surface area contributed by atoms with Crippen molar-refractivity contribution in [1.82, 2.24) is 0 Å². The number of para-hydroxylation sites is 1. The molecule has 80 valence electrons. The van der Waals surface area contributed by atoms with Crippen molar-refractivity contribution in [3.8, 4) is 0 Å². The van der Waals surface area contributed by atoms with Gasteiger partial charge in [-0.15, -0.1) is 0 Å². The molecule has 0 spiro atoms. The van der Waals surface area contributed by atoms with Crippen LogP contribution in [0.4, 0.5) is 5.69 Å². The summed E-state index contributed by atoms with van der Waals surface area (Å²) in [5, 5.41) is 9.14. The highest BCUT2D eigenvalue weighted by molar-refractivity contribution is 6.33. The fourth-order valence-corrected chi connectivity index (χ4v) is 1.65. The SMILES string of the molecule is CN(C)c1c(Cl)cccc1/C=C/C(=O)O. The predicted octanol–water partition coefficient (Wildman–Crippen LogP) is 2.50. The third-order valence-electron chi connectivity index (χ3n) is 1.87. The summed E-state index contributed by atoms with van der Waals surface area (Å²) in [5.41, 5.74) is 1.60. The van der Waals surface area contributed by atoms with E-state index < -0.39 is 5.97 Å². The Morgan fingerprint density at radius 1 is 1.47 bits per heavy atom. The molecule has 0 aromatic heterocycles. The third-order valence-corrected chi connectivity index (χ3v) is 2.18. The molecule has 0 aliphatic carbocycles. The standard InChI is InChI=1S/C11H12ClNO2/c1-13(2)11-8(6-7-10(14)15)4-3-5-9(11)12/h3-7H,1-2H3,(H,14,15)/b7-6+. The van der Waals surface area contributed by atoms with Crippen molar-refractivity contribution in [3.05, 3.63) is 34.9 Å². The smallest absolute Gasteiger partial charge is 0.328 e. The Labute approximate surface area is 93.6 Å². The molecule has 1 aromatic rings. The zero-order chi connectivity index (χ0) is 11.4. The monoisotopic (exact) mass is 225 g/mol. The summed E-state index contributed by atoms with van der Waals surface area (Å²) >= 11 is 6.02. The van der Waals surface area contributed by atoms with Crippen molar-refractivity contribution < 1.29 is 9.90 Å². The number of hydrogen-bond acceptors (Lipinski definition) is 2. The summed E-state index contributed by atoms with van der Waals surface area (Å²) < 4.78 is 0. The van der Waals surface area contributed by atoms with Crippen LogP contribution in [0.25, 0.3) is 6.08 Å². The van der Waals surface area contributed by atoms with Gasteiger partial charge in [0, 0.05) is 20.2 Å². The van der Waals surface area contributed by atoms with Crippen LogP contribution in [0.5, 0.6) is 0 Å². The molecule has 0 amide bonds. The second kappa shape index (κ2) is 4.84. The van der Waals surface area contributed by atoms with Crippen molar-refractivity contribution in [2.45, 2.75) is 0 Å². The lowest BCUT2D eigenvalue weighted by Gasteiger charge is -2.17. The van der Waals surface area contributed by atoms with Crippen LogP contribution in [0, 0.1) is 0 Å². The van der Waals surface area contributed by atoms with Crippen LogP contribution in [-0.4, -0.2) is 25.2 Å². The van der Waals surface area contributed by atoms with Crippen LogP contribution in [0.1, 0.15) is 5.56 Å². The second-order valence-corrected chi connectivity index (χ2v) is 3.65. The lowest BCUT2D eigenvalue weighted by Crippen LogP contribution is -2.10. The first-order valence-corrected chi connectivity index (χ1v) is 4.77. The second-order valence-electron chi connectivity index (χ2n) is 3.24. The molecule has 0 fully saturated rings. The summed E-state index contributed by atoms with van der Waals surface area (Å²) in [6.45, 7) is 0. The minimum absolute atomic E-state index is 0.604. The summed E-state index contributed by atoms with van der Waals surface area (Å²) in [4.78, 5) is 12.3. The Bertz CT molecular complexity index is 400. The predicted molar refractivity (Wildman–Crippen MR) is 62.4 cm³/mol. The zero-order valence-corrected chi connectivity index (χ0v) is 9.32. The average molecular weight is 226 g/mol. The Balaban J connectivity index is 3.17. The largest absolute Gasteiger partial charge is 0.478 e. The van der Waals surface area contributed by atoms with Crippen LogP contribution in [-0.2, 0) is 4.79 Å². The topological polar surface area (TPSA) is 40.5 Å². The van der Waals surface area contributed by atoms with E-state index >= 15 is 0 Å². The number of nitrogens with zero attached hydrogens (tertiary/aromatic N) is 1. The Morgan fingerprint density at radius 2 is 2.13 bits per heavy atom. The molecule has 0 saturated heterocycles. The van der Waals surface area contributed by atoms with Gasteiger partial charge in [0.2, 0.25) is 0 Å². The highest BCUT2D eigenvalue weighted by atomic mass is 35.5. The van der Waals surface area contributed by atoms with Crippen molar-refractivity contribution >= 4 is 29.3 Å². The minimum atomic E-state index is -0.973. The van der Waals surface area contributed by atoms with E-state index in [4.69, 9.17) is 16.7 Å². The number of benzene rings is 1. The lowest BCUT2D eigenvalue weighted by atomic mass is 10.1. The molecule has 4 heteroatoms. The number of carbonyl (C=O) groups is 1. The highest BCUT2D eigenvalue weighted by Crippen LogP contribution is 2.29. The Hall–Kier alpha value is -1.48. The molecular formula is C11H12ClNO2. The molecule has 0 aliphatic rings. The molecule has 3 nitrogen and oxygen atoms in total. The van der Waals surface area contributed by atoms with Gasteiger partial charge in [0.25, 0.3) is 0 Å². The first-order chi connectivity index (χ1) is 7.02. The summed E-state index contributed by atoms with van der Waals surface area (Å²) in [6, 6.07) is 5.38. The summed E-state index contributed by atoms with van der Waals surface area (Å²) in [7, 11) is 3.72. The van der Waals surface area contributed by atoms with Gasteiger partial charge in [-0.25, -0.2) is 4.79 Å². The van der Waals surface area contributed by atoms with Gasteiger partial charge < -0.3 is 10.0 Å². The molecule has 0 radical (unpaired) electrons. The summed E-state index contributed by atoms with van der Waals surface area (Å²) in [5.74, 6) is -0.973. The van der Waals surface area contributed by atoms with Gasteiger partial charge in [0.05, 0.1) is 10.7 Å². The Kier molecular flexibility index (Phi) is 3.74. The molecule has 0 bridgehead atoms. The normalized spacial score (nSPS) is 10.6. The van der Waals surface area contributed by atoms with Gasteiger partial charge >= 0.3 is 5.97 Å². The van der Waals surface area contributed by atoms with Crippen molar-refractivity contribution in [3.63, 3.8) is 0 Å². The van der Waals surface area contributed by atoms with E-state index in [2.05, 4.69) is 0 Å². The maximum absolute atomic E-state index is 10.4. The minimum Gasteiger partial charge on any atom is -0.478 e. The van der Waals surface area contributed by atoms with Gasteiger partial charge in [-0.05, 0) is 17.7 Å². The van der Waals surface area contributed by atoms with E-state index in [-0.39, 0.29) is 0 Å². The van der Waals surface area contributed by atoms with Crippen molar-refractivity contribution in [2.75, 3.05) is 19.0 Å². The maximum atomic E-state index is 10.4. The number of carboxylic acids is 1. The quantitative estimate of drug-likeness (QED) is 0.804. The first kappa shape index (κ1) is 11.6. The number of anilines is 1. The van der Waals surface area contributed by atoms with Gasteiger partial charge in [-0.1, -0.05) is 23.7 Å². The molecule has 0 saturated carbocycles. The van der Waals surface area contributed by atoms with E-state index in [1.54, 1.807) is 12.1 Å². The van der Waals surface area contributed by atoms with E-state index in [1.165, 1.54) is 6.08 Å². The molecule has 0 unspecified atom stereocenters. The molecule has 0 aliphatic heterocycles. The van der Waals surface area contributed by atoms with Crippen LogP contribution < -0.4 is 4.90 Å². The molecule has 1 rings (SSSR count). The van der Waals surface area contributed by atoms with Gasteiger partial charge in [0.1, 0.15) is 0 Å². The lowest BCUT2D eigenvalue weighted by molar-refractivity contribution is -0.131. The first-order valence-electron chi connectivity index (χ1n) is 4.39. The van der Waals surface area contributed by atoms with E-state index in [9.17, 15) is 4.79 Å². The number of halogens is 1. The van der Waals surface area contributed by atoms with Crippen molar-refractivity contribution in [1.29, 1.82) is 0 Å². The molecule has 1 N–H and O–H groups in total. The van der Waals surface area contributed by atoms with E-state index in [1.807, 2.05) is 25.1 Å². The number of hydrogen-bond donors (Lipinski definition) is 1. The van der Waals surface area contributed by atoms with Gasteiger partial charge in [0.15, 0.2) is 0 Å². The average Bonchev–Trinajstić information content (AvgIpc) is 2.13. The summed E-state index contributed by atoms with van der Waals surface area (Å²) in [6.07, 6.45) is 2.63. The number of aliphatic carboxylic acids is 1. The molecule has 0 atom stereocenters. The van der Waals surface area contributed by atoms with Crippen LogP contribution in [0.15, 0.2) is 24.3 Å². The van der Waals surface area contributed by atoms with Gasteiger partial charge in [-0.2, -0.15) is 0 Å². The molecular weight excluding hydrogens is 214 g/mol. The Morgan fingerprint density at radius 3 is 2.67 bits per heavy atom. The fourth-order valence-electron chi connectivity index (χ4n) is 1.30. The zero-order valence-electron chi connectivity index (χ0n) is 8.57. The van der Waals surface area contributed by atoms with E-state index in [0.29, 0.717) is 5.02 Å². The van der Waals surface area contributed by atoms with Crippen LogP contribution in [0.3, 0.4) is 0 Å². The molecule has 1 aromatic carbocycles. The van der Waals surface area contributed by atoms with Crippen LogP contribution >= 0.6 is 11.6 Å². The third kappa shape index (κ3) is 2.99. The number of rotatable bonds is 3. The molecule has 15 heavy (non-hydrogen) atoms. The van der Waals surface area contributed by atoms with E-state index in [0.717, 1.165) is 17.3 Å². The number of carboxylic acid groups (broad SMARTS) is 1. The van der Waals surface area contributed by atoms with Gasteiger partial charge in [-0.3, -0.25) is 0 Å². The fraction of sp³-hybridized carbons (Fsp3) is 0.182.